The zero-order valence-electron chi connectivity index (χ0n) is 11.2. The Balaban J connectivity index is 0.000000202. The summed E-state index contributed by atoms with van der Waals surface area (Å²) in [5.74, 6) is 0. The van der Waals surface area contributed by atoms with Crippen LogP contribution in [0.3, 0.4) is 0 Å². The maximum Gasteiger partial charge on any atom is 0.146 e. The summed E-state index contributed by atoms with van der Waals surface area (Å²) in [4.78, 5) is 2.29. The Morgan fingerprint density at radius 1 is 1.11 bits per heavy atom. The second-order valence-electron chi connectivity index (χ2n) is 4.70. The van der Waals surface area contributed by atoms with Gasteiger partial charge in [0.1, 0.15) is 19.7 Å². The molecule has 4 nitrogen and oxygen atoms in total. The molecule has 0 aromatic rings. The van der Waals surface area contributed by atoms with E-state index in [0.29, 0.717) is 6.79 Å². The first-order valence-electron chi connectivity index (χ1n) is 6.76. The third-order valence-corrected chi connectivity index (χ3v) is 3.31. The Kier molecular flexibility index (Phi) is 5.55. The van der Waals surface area contributed by atoms with Crippen molar-refractivity contribution in [1.82, 2.24) is 4.90 Å². The normalized spacial score (nSPS) is 23.5. The molecule has 0 radical (unpaired) electrons. The van der Waals surface area contributed by atoms with Gasteiger partial charge in [0.2, 0.25) is 0 Å². The van der Waals surface area contributed by atoms with Crippen LogP contribution in [0, 0.1) is 0 Å². The van der Waals surface area contributed by atoms with Gasteiger partial charge in [0, 0.05) is 7.05 Å². The van der Waals surface area contributed by atoms with E-state index in [0.717, 1.165) is 26.4 Å². The zero-order chi connectivity index (χ0) is 12.6. The Morgan fingerprint density at radius 2 is 1.94 bits per heavy atom. The van der Waals surface area contributed by atoms with Crippen molar-refractivity contribution in [3.05, 3.63) is 23.6 Å². The molecule has 0 aromatic heterocycles. The fourth-order valence-electron chi connectivity index (χ4n) is 2.22. The topological polar surface area (TPSA) is 30.9 Å². The van der Waals surface area contributed by atoms with Crippen LogP contribution in [0.25, 0.3) is 0 Å². The summed E-state index contributed by atoms with van der Waals surface area (Å²) in [7, 11) is 2.14. The number of likely N-dealkylation sites (N-methyl/N-ethyl adjacent to an activating group) is 1. The molecular weight excluding hydrogens is 230 g/mol. The molecule has 3 rings (SSSR count). The van der Waals surface area contributed by atoms with Gasteiger partial charge in [-0.05, 0) is 31.3 Å². The lowest BCUT2D eigenvalue weighted by Crippen LogP contribution is -2.27. The maximum atomic E-state index is 5.36. The van der Waals surface area contributed by atoms with Gasteiger partial charge in [-0.15, -0.1) is 0 Å². The van der Waals surface area contributed by atoms with Gasteiger partial charge >= 0.3 is 0 Å². The van der Waals surface area contributed by atoms with Crippen LogP contribution in [-0.4, -0.2) is 45.1 Å². The highest BCUT2D eigenvalue weighted by Gasteiger charge is 2.15. The van der Waals surface area contributed by atoms with Gasteiger partial charge in [-0.1, -0.05) is 6.08 Å². The minimum Gasteiger partial charge on any atom is -0.497 e. The van der Waals surface area contributed by atoms with E-state index in [4.69, 9.17) is 14.2 Å². The smallest absolute Gasteiger partial charge is 0.146 e. The Hall–Kier alpha value is -1.00. The fourth-order valence-corrected chi connectivity index (χ4v) is 2.22. The van der Waals surface area contributed by atoms with E-state index >= 15 is 0 Å². The molecule has 2 aliphatic heterocycles. The predicted molar refractivity (Wildman–Crippen MR) is 70.0 cm³/mol. The van der Waals surface area contributed by atoms with Gasteiger partial charge in [0.15, 0.2) is 0 Å². The number of hydrogen-bond donors (Lipinski definition) is 0. The van der Waals surface area contributed by atoms with Crippen LogP contribution < -0.4 is 0 Å². The molecule has 1 fully saturated rings. The number of hydrogen-bond acceptors (Lipinski definition) is 4. The summed E-state index contributed by atoms with van der Waals surface area (Å²) in [6, 6.07) is 0. The highest BCUT2D eigenvalue weighted by molar-refractivity contribution is 5.30. The molecular formula is C14H23NO3. The molecule has 0 spiro atoms. The predicted octanol–water partition coefficient (Wildman–Crippen LogP) is 2.28. The van der Waals surface area contributed by atoms with E-state index in [9.17, 15) is 0 Å². The van der Waals surface area contributed by atoms with Crippen molar-refractivity contribution in [1.29, 1.82) is 0 Å². The molecule has 0 amide bonds. The molecule has 3 aliphatic rings. The first-order valence-corrected chi connectivity index (χ1v) is 6.76. The molecule has 0 atom stereocenters. The minimum absolute atomic E-state index is 0.500. The van der Waals surface area contributed by atoms with Crippen LogP contribution in [0.1, 0.15) is 25.7 Å². The van der Waals surface area contributed by atoms with Gasteiger partial charge < -0.3 is 19.1 Å². The molecule has 0 unspecified atom stereocenters. The van der Waals surface area contributed by atoms with Gasteiger partial charge in [0.05, 0.1) is 25.5 Å². The quantitative estimate of drug-likeness (QED) is 0.717. The Labute approximate surface area is 109 Å². The molecule has 2 heterocycles. The van der Waals surface area contributed by atoms with Crippen molar-refractivity contribution in [3.63, 3.8) is 0 Å². The van der Waals surface area contributed by atoms with Crippen LogP contribution in [-0.2, 0) is 14.2 Å². The summed E-state index contributed by atoms with van der Waals surface area (Å²) in [5, 5.41) is 0. The van der Waals surface area contributed by atoms with Crippen molar-refractivity contribution in [3.8, 4) is 0 Å². The summed E-state index contributed by atoms with van der Waals surface area (Å²) in [5.41, 5.74) is 2.78. The third-order valence-electron chi connectivity index (χ3n) is 3.31. The first kappa shape index (κ1) is 13.4. The van der Waals surface area contributed by atoms with Crippen molar-refractivity contribution in [2.45, 2.75) is 25.7 Å². The Morgan fingerprint density at radius 3 is 2.50 bits per heavy atom. The highest BCUT2D eigenvalue weighted by atomic mass is 16.7. The van der Waals surface area contributed by atoms with Crippen LogP contribution in [0.2, 0.25) is 0 Å². The number of ether oxygens (including phenoxy) is 3. The van der Waals surface area contributed by atoms with Crippen LogP contribution >= 0.6 is 0 Å². The standard InChI is InChI=1S/C11H17NO.C3H6O2/c1-12-7-8-13-9-11(12)10-5-3-2-4-6-10;1-2-5-3-4-1/h5,9H,2-4,6-8H2,1H3;1-3H2. The van der Waals surface area contributed by atoms with Gasteiger partial charge in [0.25, 0.3) is 0 Å². The third kappa shape index (κ3) is 4.03. The summed E-state index contributed by atoms with van der Waals surface area (Å²) < 4.78 is 14.8. The average Bonchev–Trinajstić information content (AvgIpc) is 2.99. The van der Waals surface area contributed by atoms with Crippen LogP contribution in [0.4, 0.5) is 0 Å². The van der Waals surface area contributed by atoms with E-state index in [1.165, 1.54) is 37.0 Å². The van der Waals surface area contributed by atoms with Crippen molar-refractivity contribution in [2.24, 2.45) is 0 Å². The lowest BCUT2D eigenvalue weighted by Gasteiger charge is -2.29. The zero-order valence-corrected chi connectivity index (χ0v) is 11.2. The maximum absolute atomic E-state index is 5.36. The van der Waals surface area contributed by atoms with Crippen molar-refractivity contribution < 1.29 is 14.2 Å². The molecule has 4 heteroatoms. The van der Waals surface area contributed by atoms with E-state index in [1.54, 1.807) is 0 Å². The van der Waals surface area contributed by atoms with Gasteiger partial charge in [-0.2, -0.15) is 0 Å². The molecule has 1 aliphatic carbocycles. The molecule has 18 heavy (non-hydrogen) atoms. The van der Waals surface area contributed by atoms with Gasteiger partial charge in [-0.3, -0.25) is 0 Å². The monoisotopic (exact) mass is 253 g/mol. The minimum atomic E-state index is 0.500. The number of rotatable bonds is 1. The molecule has 0 bridgehead atoms. The molecule has 0 aromatic carbocycles. The number of nitrogens with zero attached hydrogens (tertiary/aromatic N) is 1. The number of allylic oxidation sites excluding steroid dienone is 2. The van der Waals surface area contributed by atoms with Crippen molar-refractivity contribution >= 4 is 0 Å². The summed E-state index contributed by atoms with van der Waals surface area (Å²) in [6.07, 6.45) is 9.42. The summed E-state index contributed by atoms with van der Waals surface area (Å²) in [6.45, 7) is 3.90. The van der Waals surface area contributed by atoms with E-state index in [-0.39, 0.29) is 0 Å². The van der Waals surface area contributed by atoms with E-state index < -0.39 is 0 Å². The highest BCUT2D eigenvalue weighted by Crippen LogP contribution is 2.26. The molecule has 0 saturated carbocycles. The lowest BCUT2D eigenvalue weighted by atomic mass is 9.97. The second kappa shape index (κ2) is 7.44. The second-order valence-corrected chi connectivity index (χ2v) is 4.70. The van der Waals surface area contributed by atoms with Crippen LogP contribution in [0.15, 0.2) is 23.6 Å². The molecule has 1 saturated heterocycles. The SMILES string of the molecule is C1COCO1.CN1CCOC=C1C1=CCCCC1. The van der Waals surface area contributed by atoms with Gasteiger partial charge in [-0.25, -0.2) is 0 Å². The molecule has 0 N–H and O–H groups in total. The Bertz CT molecular complexity index is 301. The largest absolute Gasteiger partial charge is 0.497 e. The average molecular weight is 253 g/mol. The fraction of sp³-hybridized carbons (Fsp3) is 0.714. The lowest BCUT2D eigenvalue weighted by molar-refractivity contribution is 0.0692. The van der Waals surface area contributed by atoms with Crippen LogP contribution in [0.5, 0.6) is 0 Å². The molecule has 102 valence electrons. The van der Waals surface area contributed by atoms with Crippen molar-refractivity contribution in [2.75, 3.05) is 40.2 Å². The van der Waals surface area contributed by atoms with E-state index in [2.05, 4.69) is 18.0 Å². The first-order chi connectivity index (χ1) is 8.88. The summed E-state index contributed by atoms with van der Waals surface area (Å²) >= 11 is 0. The van der Waals surface area contributed by atoms with E-state index in [1.807, 2.05) is 6.26 Å².